The van der Waals surface area contributed by atoms with Gasteiger partial charge < -0.3 is 10.1 Å². The molecule has 1 aliphatic rings. The second kappa shape index (κ2) is 24.4. The zero-order chi connectivity index (χ0) is 38.5. The first kappa shape index (κ1) is 49.7. The number of nitrogens with zero attached hydrogens (tertiary/aromatic N) is 1. The first-order valence-electron chi connectivity index (χ1n) is 18.2. The molecular formula is C43H78N2O3. The van der Waals surface area contributed by atoms with Gasteiger partial charge in [0.05, 0.1) is 6.04 Å². The molecule has 48 heavy (non-hydrogen) atoms. The van der Waals surface area contributed by atoms with Crippen molar-refractivity contribution in [1.29, 1.82) is 0 Å². The van der Waals surface area contributed by atoms with E-state index in [-0.39, 0.29) is 34.5 Å². The van der Waals surface area contributed by atoms with Crippen molar-refractivity contribution >= 4 is 11.6 Å². The highest BCUT2D eigenvalue weighted by Crippen LogP contribution is 2.62. The third kappa shape index (κ3) is 22.8. The van der Waals surface area contributed by atoms with Gasteiger partial charge >= 0.3 is 0 Å². The molecule has 4 unspecified atom stereocenters. The molecule has 4 atom stereocenters. The van der Waals surface area contributed by atoms with Crippen molar-refractivity contribution in [2.45, 2.75) is 161 Å². The quantitative estimate of drug-likeness (QED) is 0.136. The van der Waals surface area contributed by atoms with Gasteiger partial charge in [0.2, 0.25) is 0 Å². The van der Waals surface area contributed by atoms with Crippen molar-refractivity contribution in [2.75, 3.05) is 0 Å². The fraction of sp³-hybridized carbons (Fsp3) is 0.698. The third-order valence-corrected chi connectivity index (χ3v) is 8.13. The van der Waals surface area contributed by atoms with Crippen molar-refractivity contribution in [3.8, 4) is 0 Å². The second-order valence-electron chi connectivity index (χ2n) is 16.1. The van der Waals surface area contributed by atoms with Crippen LogP contribution < -0.4 is 5.32 Å². The van der Waals surface area contributed by atoms with Gasteiger partial charge in [0.1, 0.15) is 5.60 Å². The zero-order valence-corrected chi connectivity index (χ0v) is 34.6. The van der Waals surface area contributed by atoms with E-state index in [1.165, 1.54) is 18.5 Å². The van der Waals surface area contributed by atoms with Crippen LogP contribution in [0.4, 0.5) is 0 Å². The number of nitrogens with one attached hydrogen (secondary N) is 1. The van der Waals surface area contributed by atoms with Crippen LogP contribution in [-0.2, 0) is 20.7 Å². The maximum atomic E-state index is 11.5. The van der Waals surface area contributed by atoms with E-state index in [1.54, 1.807) is 19.9 Å². The first-order chi connectivity index (χ1) is 21.9. The summed E-state index contributed by atoms with van der Waals surface area (Å²) in [6.07, 6.45) is 9.28. The van der Waals surface area contributed by atoms with Crippen LogP contribution in [0.15, 0.2) is 61.7 Å². The number of aryl methyl sites for hydroxylation is 1. The Kier molecular flexibility index (Phi) is 25.3. The minimum Gasteiger partial charge on any atom is -0.474 e. The Hall–Kier alpha value is -2.69. The number of Topliss-reactive ketones (excluding diaryl/α,β-unsaturated/α-hetero) is 2. The van der Waals surface area contributed by atoms with Gasteiger partial charge in [-0.25, -0.2) is 0 Å². The number of rotatable bonds is 12. The van der Waals surface area contributed by atoms with Crippen LogP contribution >= 0.6 is 0 Å². The summed E-state index contributed by atoms with van der Waals surface area (Å²) in [5.41, 5.74) is 2.07. The van der Waals surface area contributed by atoms with E-state index in [1.807, 2.05) is 73.7 Å². The molecule has 5 nitrogen and oxygen atoms in total. The number of pyridine rings is 1. The summed E-state index contributed by atoms with van der Waals surface area (Å²) in [5.74, 6) is 3.81. The Morgan fingerprint density at radius 3 is 1.79 bits per heavy atom. The zero-order valence-electron chi connectivity index (χ0n) is 34.6. The molecule has 1 N–H and O–H groups in total. The number of hydrogen-bond acceptors (Lipinski definition) is 5. The van der Waals surface area contributed by atoms with Crippen molar-refractivity contribution in [2.24, 2.45) is 34.5 Å². The lowest BCUT2D eigenvalue weighted by atomic mass is 9.84. The molecule has 0 spiro atoms. The van der Waals surface area contributed by atoms with E-state index >= 15 is 0 Å². The number of allylic oxidation sites excluding steroid dienone is 2. The van der Waals surface area contributed by atoms with Crippen LogP contribution in [0.1, 0.15) is 149 Å². The SMILES string of the molecule is C=C(C)C(=O)C(C)CCC.C=C(NC(C(C)=O)C(C)(C)C)OC(C)(C)C.C=CC.CCC1C(C(C)C)C1(C)C.CCCc1ccccn1. The lowest BCUT2D eigenvalue weighted by molar-refractivity contribution is -0.122. The fourth-order valence-electron chi connectivity index (χ4n) is 6.17. The molecular weight excluding hydrogens is 592 g/mol. The molecule has 0 aliphatic heterocycles. The summed E-state index contributed by atoms with van der Waals surface area (Å²) in [6.45, 7) is 45.9. The summed E-state index contributed by atoms with van der Waals surface area (Å²) in [4.78, 5) is 26.8. The number of aromatic nitrogens is 1. The standard InChI is InChI=1S/C13H25NO2.C10H20.C9H16O.C8H11N.C3H6/c1-9(15)11(12(3,4)5)14-10(2)16-13(6,7)8;1-6-8-9(7(2)3)10(8,4)5;1-5-6-8(4)9(10)7(2)3;1-2-5-8-6-3-4-7-9-8;1-3-2/h11,14H,2H2,1,3-8H3;7-9H,6H2,1-5H3;8H,2,5-6H2,1,3-4H3;3-4,6-7H,2,5H2,1H3;3H,1H2,2H3. The van der Waals surface area contributed by atoms with Gasteiger partial charge in [-0.1, -0.05) is 114 Å². The van der Waals surface area contributed by atoms with Gasteiger partial charge in [-0.3, -0.25) is 14.6 Å². The van der Waals surface area contributed by atoms with Crippen molar-refractivity contribution in [1.82, 2.24) is 10.3 Å². The lowest BCUT2D eigenvalue weighted by Crippen LogP contribution is -2.46. The van der Waals surface area contributed by atoms with Gasteiger partial charge in [-0.15, -0.1) is 6.58 Å². The summed E-state index contributed by atoms with van der Waals surface area (Å²) in [5, 5.41) is 3.05. The number of ether oxygens (including phenoxy) is 1. The summed E-state index contributed by atoms with van der Waals surface area (Å²) >= 11 is 0. The third-order valence-electron chi connectivity index (χ3n) is 8.13. The predicted octanol–water partition coefficient (Wildman–Crippen LogP) is 12.0. The Labute approximate surface area is 298 Å². The summed E-state index contributed by atoms with van der Waals surface area (Å²) < 4.78 is 5.56. The maximum Gasteiger partial charge on any atom is 0.180 e. The highest BCUT2D eigenvalue weighted by Gasteiger charge is 2.56. The maximum absolute atomic E-state index is 11.5. The average molecular weight is 671 g/mol. The van der Waals surface area contributed by atoms with Gasteiger partial charge in [0.25, 0.3) is 0 Å². The number of carbonyl (C=O) groups excluding carboxylic acids is 2. The van der Waals surface area contributed by atoms with Crippen LogP contribution in [-0.4, -0.2) is 28.2 Å². The van der Waals surface area contributed by atoms with Crippen LogP contribution in [0, 0.1) is 34.5 Å². The molecule has 0 amide bonds. The molecule has 1 fully saturated rings. The van der Waals surface area contributed by atoms with Gasteiger partial charge in [-0.05, 0) is 107 Å². The van der Waals surface area contributed by atoms with Gasteiger partial charge in [0, 0.05) is 17.8 Å². The Morgan fingerprint density at radius 2 is 1.52 bits per heavy atom. The molecule has 278 valence electrons. The topological polar surface area (TPSA) is 68.3 Å². The minimum absolute atomic E-state index is 0.0890. The smallest absolute Gasteiger partial charge is 0.180 e. The van der Waals surface area contributed by atoms with Crippen molar-refractivity contribution in [3.05, 3.63) is 67.4 Å². The Morgan fingerprint density at radius 1 is 1.00 bits per heavy atom. The van der Waals surface area contributed by atoms with Crippen LogP contribution in [0.3, 0.4) is 0 Å². The molecule has 0 bridgehead atoms. The normalized spacial score (nSPS) is 17.0. The van der Waals surface area contributed by atoms with E-state index in [0.29, 0.717) is 16.9 Å². The molecule has 1 aliphatic carbocycles. The van der Waals surface area contributed by atoms with E-state index in [4.69, 9.17) is 4.74 Å². The van der Waals surface area contributed by atoms with Gasteiger partial charge in [0.15, 0.2) is 17.4 Å². The molecule has 1 heterocycles. The van der Waals surface area contributed by atoms with E-state index < -0.39 is 0 Å². The van der Waals surface area contributed by atoms with E-state index in [0.717, 1.165) is 37.0 Å². The number of carbonyl (C=O) groups is 2. The van der Waals surface area contributed by atoms with Crippen LogP contribution in [0.2, 0.25) is 0 Å². The number of hydrogen-bond donors (Lipinski definition) is 1. The molecule has 0 aromatic carbocycles. The predicted molar refractivity (Wildman–Crippen MR) is 211 cm³/mol. The largest absolute Gasteiger partial charge is 0.474 e. The first-order valence-corrected chi connectivity index (χ1v) is 18.2. The fourth-order valence-corrected chi connectivity index (χ4v) is 6.17. The Balaban J connectivity index is -0.000000560. The molecule has 0 radical (unpaired) electrons. The molecule has 1 saturated carbocycles. The average Bonchev–Trinajstić information content (AvgIpc) is 3.52. The van der Waals surface area contributed by atoms with E-state index in [9.17, 15) is 9.59 Å². The molecule has 2 rings (SSSR count). The molecule has 0 saturated heterocycles. The van der Waals surface area contributed by atoms with Crippen LogP contribution in [0.5, 0.6) is 0 Å². The van der Waals surface area contributed by atoms with Gasteiger partial charge in [-0.2, -0.15) is 0 Å². The highest BCUT2D eigenvalue weighted by molar-refractivity contribution is 5.95. The van der Waals surface area contributed by atoms with Crippen molar-refractivity contribution in [3.63, 3.8) is 0 Å². The molecule has 5 heteroatoms. The summed E-state index contributed by atoms with van der Waals surface area (Å²) in [6, 6.07) is 5.75. The minimum atomic E-state index is -0.302. The monoisotopic (exact) mass is 671 g/mol. The highest BCUT2D eigenvalue weighted by atomic mass is 16.5. The number of ketones is 2. The molecule has 1 aromatic rings. The molecule has 1 aromatic heterocycles. The lowest BCUT2D eigenvalue weighted by Gasteiger charge is -2.32. The second-order valence-corrected chi connectivity index (χ2v) is 16.1. The van der Waals surface area contributed by atoms with Crippen molar-refractivity contribution < 1.29 is 14.3 Å². The van der Waals surface area contributed by atoms with Crippen LogP contribution in [0.25, 0.3) is 0 Å². The summed E-state index contributed by atoms with van der Waals surface area (Å²) in [7, 11) is 0. The Bertz CT molecular complexity index is 1060. The van der Waals surface area contributed by atoms with E-state index in [2.05, 4.69) is 84.6 Å².